The summed E-state index contributed by atoms with van der Waals surface area (Å²) in [5, 5.41) is 0. The smallest absolute Gasteiger partial charge is 0.253 e. The first kappa shape index (κ1) is 15.3. The molecule has 4 nitrogen and oxygen atoms in total. The molecule has 118 valence electrons. The molecule has 1 aliphatic rings. The fraction of sp³-hybridized carbons (Fsp3) is 0.263. The number of hydrogen-bond donors (Lipinski definition) is 1. The molecule has 0 aliphatic carbocycles. The van der Waals surface area contributed by atoms with Gasteiger partial charge in [0.1, 0.15) is 0 Å². The topological polar surface area (TPSA) is 63.4 Å². The van der Waals surface area contributed by atoms with E-state index in [1.54, 1.807) is 24.3 Å². The molecule has 2 aromatic rings. The number of benzene rings is 2. The summed E-state index contributed by atoms with van der Waals surface area (Å²) in [6.45, 7) is 1.52. The molecule has 1 saturated heterocycles. The lowest BCUT2D eigenvalue weighted by Crippen LogP contribution is -2.29. The predicted molar refractivity (Wildman–Crippen MR) is 89.1 cm³/mol. The Morgan fingerprint density at radius 3 is 2.52 bits per heavy atom. The molecule has 2 amide bonds. The second-order valence-electron chi connectivity index (χ2n) is 6.04. The molecule has 4 heteroatoms. The molecule has 0 saturated carbocycles. The maximum Gasteiger partial charge on any atom is 0.253 e. The summed E-state index contributed by atoms with van der Waals surface area (Å²) in [5.74, 6) is -0.0487. The highest BCUT2D eigenvalue weighted by molar-refractivity contribution is 5.99. The summed E-state index contributed by atoms with van der Waals surface area (Å²) in [4.78, 5) is 25.7. The summed E-state index contributed by atoms with van der Waals surface area (Å²) in [7, 11) is 0. The van der Waals surface area contributed by atoms with Crippen molar-refractivity contribution in [1.29, 1.82) is 0 Å². The van der Waals surface area contributed by atoms with Gasteiger partial charge in [0.25, 0.3) is 5.91 Å². The minimum absolute atomic E-state index is 0.0244. The summed E-state index contributed by atoms with van der Waals surface area (Å²) < 4.78 is 0. The fourth-order valence-corrected chi connectivity index (χ4v) is 3.12. The van der Waals surface area contributed by atoms with Crippen LogP contribution in [0, 0.1) is 5.92 Å². The summed E-state index contributed by atoms with van der Waals surface area (Å²) in [6, 6.07) is 17.0. The highest BCUT2D eigenvalue weighted by atomic mass is 16.2. The SMILES string of the molecule is NC(=O)c1cccc(C(=O)N2CCC(Cc3ccccc3)C2)c1. The van der Waals surface area contributed by atoms with Crippen LogP contribution in [-0.2, 0) is 6.42 Å². The van der Waals surface area contributed by atoms with Gasteiger partial charge in [0, 0.05) is 24.2 Å². The molecule has 0 radical (unpaired) electrons. The fourth-order valence-electron chi connectivity index (χ4n) is 3.12. The van der Waals surface area contributed by atoms with Crippen molar-refractivity contribution in [3.8, 4) is 0 Å². The van der Waals surface area contributed by atoms with Gasteiger partial charge in [0.05, 0.1) is 0 Å². The minimum atomic E-state index is -0.511. The van der Waals surface area contributed by atoms with Gasteiger partial charge < -0.3 is 10.6 Å². The van der Waals surface area contributed by atoms with Crippen LogP contribution in [0.1, 0.15) is 32.7 Å². The standard InChI is InChI=1S/C19H20N2O2/c20-18(22)16-7-4-8-17(12-16)19(23)21-10-9-15(13-21)11-14-5-2-1-3-6-14/h1-8,12,15H,9-11,13H2,(H2,20,22). The molecule has 0 aromatic heterocycles. The summed E-state index contributed by atoms with van der Waals surface area (Å²) >= 11 is 0. The van der Waals surface area contributed by atoms with Gasteiger partial charge in [0.2, 0.25) is 5.91 Å². The molecule has 2 aromatic carbocycles. The molecular weight excluding hydrogens is 288 g/mol. The van der Waals surface area contributed by atoms with Gasteiger partial charge in [-0.1, -0.05) is 36.4 Å². The van der Waals surface area contributed by atoms with Crippen molar-refractivity contribution in [2.75, 3.05) is 13.1 Å². The van der Waals surface area contributed by atoms with E-state index in [2.05, 4.69) is 12.1 Å². The second-order valence-corrected chi connectivity index (χ2v) is 6.04. The third-order valence-corrected chi connectivity index (χ3v) is 4.33. The Bertz CT molecular complexity index is 712. The van der Waals surface area contributed by atoms with Crippen LogP contribution in [-0.4, -0.2) is 29.8 Å². The average Bonchev–Trinajstić information content (AvgIpc) is 3.03. The van der Waals surface area contributed by atoms with E-state index in [1.807, 2.05) is 23.1 Å². The number of carbonyl (C=O) groups is 2. The van der Waals surface area contributed by atoms with Crippen molar-refractivity contribution < 1.29 is 9.59 Å². The van der Waals surface area contributed by atoms with Gasteiger partial charge in [-0.3, -0.25) is 9.59 Å². The number of hydrogen-bond acceptors (Lipinski definition) is 2. The average molecular weight is 308 g/mol. The first-order valence-electron chi connectivity index (χ1n) is 7.86. The van der Waals surface area contributed by atoms with Gasteiger partial charge in [0.15, 0.2) is 0 Å². The molecule has 0 bridgehead atoms. The second kappa shape index (κ2) is 6.65. The van der Waals surface area contributed by atoms with E-state index in [1.165, 1.54) is 5.56 Å². The van der Waals surface area contributed by atoms with Gasteiger partial charge in [-0.05, 0) is 42.5 Å². The zero-order valence-electron chi connectivity index (χ0n) is 12.9. The largest absolute Gasteiger partial charge is 0.366 e. The third-order valence-electron chi connectivity index (χ3n) is 4.33. The van der Waals surface area contributed by atoms with Gasteiger partial charge in [-0.2, -0.15) is 0 Å². The zero-order chi connectivity index (χ0) is 16.2. The zero-order valence-corrected chi connectivity index (χ0v) is 12.9. The normalized spacial score (nSPS) is 17.2. The van der Waals surface area contributed by atoms with E-state index in [0.29, 0.717) is 17.0 Å². The van der Waals surface area contributed by atoms with E-state index in [9.17, 15) is 9.59 Å². The van der Waals surface area contributed by atoms with Crippen LogP contribution in [0.25, 0.3) is 0 Å². The van der Waals surface area contributed by atoms with Crippen molar-refractivity contribution in [2.24, 2.45) is 11.7 Å². The van der Waals surface area contributed by atoms with Crippen molar-refractivity contribution in [1.82, 2.24) is 4.90 Å². The summed E-state index contributed by atoms with van der Waals surface area (Å²) in [5.41, 5.74) is 7.49. The Kier molecular flexibility index (Phi) is 4.42. The van der Waals surface area contributed by atoms with E-state index >= 15 is 0 Å². The number of nitrogens with two attached hydrogens (primary N) is 1. The quantitative estimate of drug-likeness (QED) is 0.943. The first-order chi connectivity index (χ1) is 11.1. The van der Waals surface area contributed by atoms with E-state index < -0.39 is 5.91 Å². The van der Waals surface area contributed by atoms with Crippen LogP contribution in [0.5, 0.6) is 0 Å². The van der Waals surface area contributed by atoms with Gasteiger partial charge >= 0.3 is 0 Å². The Labute approximate surface area is 135 Å². The van der Waals surface area contributed by atoms with Crippen LogP contribution in [0.4, 0.5) is 0 Å². The molecule has 3 rings (SSSR count). The number of primary amides is 1. The molecule has 0 spiro atoms. The minimum Gasteiger partial charge on any atom is -0.366 e. The Morgan fingerprint density at radius 1 is 1.04 bits per heavy atom. The summed E-state index contributed by atoms with van der Waals surface area (Å²) in [6.07, 6.45) is 2.00. The monoisotopic (exact) mass is 308 g/mol. The number of rotatable bonds is 4. The van der Waals surface area contributed by atoms with Gasteiger partial charge in [-0.25, -0.2) is 0 Å². The van der Waals surface area contributed by atoms with Crippen LogP contribution < -0.4 is 5.73 Å². The first-order valence-corrected chi connectivity index (χ1v) is 7.86. The van der Waals surface area contributed by atoms with Crippen LogP contribution in [0.2, 0.25) is 0 Å². The molecule has 1 atom stereocenters. The van der Waals surface area contributed by atoms with Crippen LogP contribution in [0.3, 0.4) is 0 Å². The highest BCUT2D eigenvalue weighted by Crippen LogP contribution is 2.22. The maximum atomic E-state index is 12.6. The number of carbonyl (C=O) groups excluding carboxylic acids is 2. The Morgan fingerprint density at radius 2 is 1.78 bits per heavy atom. The Balaban J connectivity index is 1.65. The van der Waals surface area contributed by atoms with E-state index in [-0.39, 0.29) is 5.91 Å². The number of likely N-dealkylation sites (tertiary alicyclic amines) is 1. The van der Waals surface area contributed by atoms with Crippen LogP contribution >= 0.6 is 0 Å². The molecule has 1 heterocycles. The lowest BCUT2D eigenvalue weighted by Gasteiger charge is -2.17. The highest BCUT2D eigenvalue weighted by Gasteiger charge is 2.27. The Hall–Kier alpha value is -2.62. The molecule has 2 N–H and O–H groups in total. The lowest BCUT2D eigenvalue weighted by atomic mass is 9.99. The van der Waals surface area contributed by atoms with Crippen molar-refractivity contribution in [3.63, 3.8) is 0 Å². The van der Waals surface area contributed by atoms with Crippen molar-refractivity contribution >= 4 is 11.8 Å². The lowest BCUT2D eigenvalue weighted by molar-refractivity contribution is 0.0787. The molecule has 23 heavy (non-hydrogen) atoms. The van der Waals surface area contributed by atoms with Crippen molar-refractivity contribution in [2.45, 2.75) is 12.8 Å². The van der Waals surface area contributed by atoms with E-state index in [4.69, 9.17) is 5.73 Å². The van der Waals surface area contributed by atoms with E-state index in [0.717, 1.165) is 25.9 Å². The van der Waals surface area contributed by atoms with Gasteiger partial charge in [-0.15, -0.1) is 0 Å². The number of nitrogens with zero attached hydrogens (tertiary/aromatic N) is 1. The molecular formula is C19H20N2O2. The molecule has 1 unspecified atom stereocenters. The molecule has 1 aliphatic heterocycles. The van der Waals surface area contributed by atoms with Crippen LogP contribution in [0.15, 0.2) is 54.6 Å². The number of amides is 2. The molecule has 1 fully saturated rings. The predicted octanol–water partition coefficient (Wildman–Crippen LogP) is 2.49. The van der Waals surface area contributed by atoms with Crippen molar-refractivity contribution in [3.05, 3.63) is 71.3 Å². The third kappa shape index (κ3) is 3.59. The maximum absolute atomic E-state index is 12.6.